The second-order valence-corrected chi connectivity index (χ2v) is 5.91. The van der Waals surface area contributed by atoms with Crippen molar-refractivity contribution in [3.8, 4) is 0 Å². The Hall–Kier alpha value is -0.790. The van der Waals surface area contributed by atoms with Crippen LogP contribution in [0.3, 0.4) is 0 Å². The highest BCUT2D eigenvalue weighted by Gasteiger charge is 2.37. The molecular weight excluding hydrogens is 242 g/mol. The van der Waals surface area contributed by atoms with E-state index >= 15 is 0 Å². The topological polar surface area (TPSA) is 3.24 Å². The molecule has 0 atom stereocenters. The van der Waals surface area contributed by atoms with Gasteiger partial charge in [0.1, 0.15) is 0 Å². The van der Waals surface area contributed by atoms with Crippen LogP contribution in [0.25, 0.3) is 0 Å². The minimum atomic E-state index is 0.203. The lowest BCUT2D eigenvalue weighted by Gasteiger charge is -2.32. The van der Waals surface area contributed by atoms with Crippen LogP contribution in [0.2, 0.25) is 0 Å². The van der Waals surface area contributed by atoms with Gasteiger partial charge in [-0.05, 0) is 36.6 Å². The van der Waals surface area contributed by atoms with Crippen molar-refractivity contribution in [2.75, 3.05) is 13.6 Å². The van der Waals surface area contributed by atoms with Crippen LogP contribution >= 0.6 is 11.8 Å². The average molecular weight is 264 g/mol. The summed E-state index contributed by atoms with van der Waals surface area (Å²) in [5.74, 6) is 0. The summed E-state index contributed by atoms with van der Waals surface area (Å²) in [5, 5.41) is 0. The SMILES string of the molecule is C=C(CCN(C)Cl)C1(c2ccccc2)CCCC1. The van der Waals surface area contributed by atoms with Gasteiger partial charge in [-0.15, -0.1) is 0 Å². The van der Waals surface area contributed by atoms with Crippen molar-refractivity contribution in [3.05, 3.63) is 48.0 Å². The van der Waals surface area contributed by atoms with E-state index < -0.39 is 0 Å². The molecule has 98 valence electrons. The lowest BCUT2D eigenvalue weighted by atomic mass is 9.72. The molecule has 0 N–H and O–H groups in total. The average Bonchev–Trinajstić information content (AvgIpc) is 2.87. The van der Waals surface area contributed by atoms with Gasteiger partial charge in [0.15, 0.2) is 0 Å². The van der Waals surface area contributed by atoms with Crippen molar-refractivity contribution in [1.82, 2.24) is 4.42 Å². The van der Waals surface area contributed by atoms with E-state index in [4.69, 9.17) is 11.8 Å². The van der Waals surface area contributed by atoms with Crippen molar-refractivity contribution in [2.45, 2.75) is 37.5 Å². The molecule has 0 heterocycles. The quantitative estimate of drug-likeness (QED) is 0.557. The lowest BCUT2D eigenvalue weighted by Crippen LogP contribution is -2.26. The molecule has 1 nitrogen and oxygen atoms in total. The van der Waals surface area contributed by atoms with Crippen LogP contribution < -0.4 is 0 Å². The summed E-state index contributed by atoms with van der Waals surface area (Å²) in [6.07, 6.45) is 6.08. The Kier molecular flexibility index (Phi) is 4.47. The summed E-state index contributed by atoms with van der Waals surface area (Å²) in [4.78, 5) is 0. The molecule has 0 radical (unpaired) electrons. The molecule has 0 saturated heterocycles. The zero-order valence-electron chi connectivity index (χ0n) is 11.2. The third-order valence-corrected chi connectivity index (χ3v) is 4.35. The first-order valence-electron chi connectivity index (χ1n) is 6.76. The molecule has 0 aliphatic heterocycles. The predicted octanol–water partition coefficient (Wildman–Crippen LogP) is 4.53. The van der Waals surface area contributed by atoms with Crippen LogP contribution in [0.4, 0.5) is 0 Å². The molecule has 18 heavy (non-hydrogen) atoms. The Morgan fingerprint density at radius 2 is 1.89 bits per heavy atom. The highest BCUT2D eigenvalue weighted by atomic mass is 35.5. The van der Waals surface area contributed by atoms with Gasteiger partial charge in [-0.3, -0.25) is 0 Å². The second kappa shape index (κ2) is 5.90. The molecule has 0 amide bonds. The van der Waals surface area contributed by atoms with E-state index in [9.17, 15) is 0 Å². The van der Waals surface area contributed by atoms with Gasteiger partial charge in [0.2, 0.25) is 0 Å². The molecule has 2 rings (SSSR count). The van der Waals surface area contributed by atoms with Gasteiger partial charge in [-0.1, -0.05) is 55.3 Å². The summed E-state index contributed by atoms with van der Waals surface area (Å²) in [6, 6.07) is 10.9. The van der Waals surface area contributed by atoms with Gasteiger partial charge in [0.25, 0.3) is 0 Å². The normalized spacial score (nSPS) is 18.2. The van der Waals surface area contributed by atoms with Crippen LogP contribution in [-0.4, -0.2) is 18.0 Å². The van der Waals surface area contributed by atoms with Crippen molar-refractivity contribution in [3.63, 3.8) is 0 Å². The standard InChI is InChI=1S/C16H22ClN/c1-14(10-13-18(2)17)16(11-6-7-12-16)15-8-4-3-5-9-15/h3-5,8-9H,1,6-7,10-13H2,2H3. The first-order valence-corrected chi connectivity index (χ1v) is 7.10. The largest absolute Gasteiger partial charge is 0.223 e. The Bertz CT molecular complexity index is 391. The predicted molar refractivity (Wildman–Crippen MR) is 78.8 cm³/mol. The molecule has 1 aromatic carbocycles. The number of halogens is 1. The summed E-state index contributed by atoms with van der Waals surface area (Å²) < 4.78 is 1.72. The van der Waals surface area contributed by atoms with E-state index in [0.717, 1.165) is 13.0 Å². The second-order valence-electron chi connectivity index (χ2n) is 5.34. The first-order chi connectivity index (χ1) is 8.65. The Labute approximate surface area is 116 Å². The van der Waals surface area contributed by atoms with Crippen molar-refractivity contribution in [1.29, 1.82) is 0 Å². The van der Waals surface area contributed by atoms with Crippen molar-refractivity contribution < 1.29 is 0 Å². The highest BCUT2D eigenvalue weighted by molar-refractivity contribution is 6.13. The fourth-order valence-corrected chi connectivity index (χ4v) is 3.19. The fraction of sp³-hybridized carbons (Fsp3) is 0.500. The molecule has 1 aromatic rings. The molecule has 1 aliphatic carbocycles. The lowest BCUT2D eigenvalue weighted by molar-refractivity contribution is 0.470. The van der Waals surface area contributed by atoms with Gasteiger partial charge >= 0.3 is 0 Å². The first kappa shape index (κ1) is 13.6. The van der Waals surface area contributed by atoms with Gasteiger partial charge < -0.3 is 0 Å². The van der Waals surface area contributed by atoms with E-state index in [1.54, 1.807) is 4.42 Å². The number of nitrogens with zero attached hydrogens (tertiary/aromatic N) is 1. The molecule has 1 fully saturated rings. The van der Waals surface area contributed by atoms with E-state index in [1.165, 1.54) is 36.8 Å². The Morgan fingerprint density at radius 1 is 1.28 bits per heavy atom. The summed E-state index contributed by atoms with van der Waals surface area (Å²) >= 11 is 5.91. The third kappa shape index (κ3) is 2.78. The molecule has 0 bridgehead atoms. The van der Waals surface area contributed by atoms with Crippen LogP contribution in [0.1, 0.15) is 37.7 Å². The Balaban J connectivity index is 2.19. The maximum absolute atomic E-state index is 5.91. The van der Waals surface area contributed by atoms with Crippen LogP contribution in [0, 0.1) is 0 Å². The third-order valence-electron chi connectivity index (χ3n) is 4.18. The van der Waals surface area contributed by atoms with E-state index in [1.807, 2.05) is 7.05 Å². The smallest absolute Gasteiger partial charge is 0.0173 e. The molecule has 0 unspecified atom stereocenters. The zero-order chi connectivity index (χ0) is 13.0. The summed E-state index contributed by atoms with van der Waals surface area (Å²) in [5.41, 5.74) is 2.98. The molecule has 1 aliphatic rings. The highest BCUT2D eigenvalue weighted by Crippen LogP contribution is 2.47. The van der Waals surface area contributed by atoms with Gasteiger partial charge in [-0.25, -0.2) is 4.42 Å². The zero-order valence-corrected chi connectivity index (χ0v) is 11.9. The number of hydrogen-bond donors (Lipinski definition) is 0. The van der Waals surface area contributed by atoms with E-state index in [2.05, 4.69) is 36.9 Å². The number of hydrogen-bond acceptors (Lipinski definition) is 1. The Morgan fingerprint density at radius 3 is 2.44 bits per heavy atom. The molecule has 1 saturated carbocycles. The van der Waals surface area contributed by atoms with Crippen molar-refractivity contribution >= 4 is 11.8 Å². The van der Waals surface area contributed by atoms with Crippen molar-refractivity contribution in [2.24, 2.45) is 0 Å². The van der Waals surface area contributed by atoms with Crippen LogP contribution in [0.15, 0.2) is 42.5 Å². The van der Waals surface area contributed by atoms with Gasteiger partial charge in [0.05, 0.1) is 0 Å². The molecule has 0 aromatic heterocycles. The monoisotopic (exact) mass is 263 g/mol. The summed E-state index contributed by atoms with van der Waals surface area (Å²) in [7, 11) is 1.90. The van der Waals surface area contributed by atoms with Gasteiger partial charge in [0, 0.05) is 19.0 Å². The maximum Gasteiger partial charge on any atom is 0.0173 e. The molecule has 2 heteroatoms. The van der Waals surface area contributed by atoms with E-state index in [0.29, 0.717) is 0 Å². The van der Waals surface area contributed by atoms with Crippen LogP contribution in [-0.2, 0) is 5.41 Å². The minimum absolute atomic E-state index is 0.203. The number of rotatable bonds is 5. The fourth-order valence-electron chi connectivity index (χ4n) is 3.11. The summed E-state index contributed by atoms with van der Waals surface area (Å²) in [6.45, 7) is 5.24. The van der Waals surface area contributed by atoms with E-state index in [-0.39, 0.29) is 5.41 Å². The van der Waals surface area contributed by atoms with Crippen LogP contribution in [0.5, 0.6) is 0 Å². The minimum Gasteiger partial charge on any atom is -0.223 e. The molecule has 0 spiro atoms. The number of benzene rings is 1. The molecular formula is C16H22ClN. The van der Waals surface area contributed by atoms with Gasteiger partial charge in [-0.2, -0.15) is 0 Å². The maximum atomic E-state index is 5.91.